The number of hydrogen-bond acceptors (Lipinski definition) is 8. The minimum Gasteiger partial charge on any atom is -0.495 e. The molecule has 0 saturated carbocycles. The number of anilines is 2. The van der Waals surface area contributed by atoms with Crippen molar-refractivity contribution in [3.8, 4) is 23.0 Å². The molecule has 1 fully saturated rings. The van der Waals surface area contributed by atoms with Gasteiger partial charge in [0, 0.05) is 23.6 Å². The molecule has 2 heterocycles. The summed E-state index contributed by atoms with van der Waals surface area (Å²) in [6.45, 7) is 2.86. The van der Waals surface area contributed by atoms with Crippen molar-refractivity contribution in [1.29, 1.82) is 0 Å². The monoisotopic (exact) mass is 472 g/mol. The molecule has 1 aromatic heterocycles. The van der Waals surface area contributed by atoms with Gasteiger partial charge in [0.1, 0.15) is 23.6 Å². The normalized spacial score (nSPS) is 14.8. The lowest BCUT2D eigenvalue weighted by Crippen LogP contribution is -2.32. The van der Waals surface area contributed by atoms with Crippen LogP contribution < -0.4 is 24.3 Å². The molecule has 3 aromatic rings. The maximum atomic E-state index is 6.24. The highest BCUT2D eigenvalue weighted by Gasteiger charge is 2.19. The first-order valence-electron chi connectivity index (χ1n) is 10.8. The first-order chi connectivity index (χ1) is 16.0. The summed E-state index contributed by atoms with van der Waals surface area (Å²) in [6.07, 6.45) is 3.78. The molecule has 33 heavy (non-hydrogen) atoms. The summed E-state index contributed by atoms with van der Waals surface area (Å²) in [7, 11) is 6.94. The van der Waals surface area contributed by atoms with Crippen LogP contribution >= 0.6 is 11.6 Å². The third-order valence-corrected chi connectivity index (χ3v) is 6.26. The van der Waals surface area contributed by atoms with E-state index in [2.05, 4.69) is 27.2 Å². The first-order valence-corrected chi connectivity index (χ1v) is 11.2. The van der Waals surface area contributed by atoms with Crippen molar-refractivity contribution in [2.45, 2.75) is 12.8 Å². The topological polar surface area (TPSA) is 78.0 Å². The van der Waals surface area contributed by atoms with Gasteiger partial charge in [0.2, 0.25) is 0 Å². The van der Waals surface area contributed by atoms with Gasteiger partial charge in [-0.05, 0) is 45.0 Å². The molecular formula is C24H29ClN4O4. The van der Waals surface area contributed by atoms with Gasteiger partial charge in [0.15, 0.2) is 11.5 Å². The third kappa shape index (κ3) is 5.17. The van der Waals surface area contributed by atoms with E-state index in [1.54, 1.807) is 33.5 Å². The van der Waals surface area contributed by atoms with Gasteiger partial charge in [0.05, 0.1) is 44.2 Å². The number of piperidine rings is 1. The summed E-state index contributed by atoms with van der Waals surface area (Å²) >= 11 is 6.24. The predicted molar refractivity (Wildman–Crippen MR) is 130 cm³/mol. The largest absolute Gasteiger partial charge is 0.495 e. The Hall–Kier alpha value is -2.97. The smallest absolute Gasteiger partial charge is 0.163 e. The van der Waals surface area contributed by atoms with Gasteiger partial charge in [-0.3, -0.25) is 0 Å². The van der Waals surface area contributed by atoms with Crippen LogP contribution in [0.25, 0.3) is 10.9 Å². The third-order valence-electron chi connectivity index (χ3n) is 5.96. The lowest BCUT2D eigenvalue weighted by molar-refractivity contribution is 0.157. The van der Waals surface area contributed by atoms with Crippen molar-refractivity contribution in [2.75, 3.05) is 53.4 Å². The number of halogens is 1. The zero-order chi connectivity index (χ0) is 23.4. The van der Waals surface area contributed by atoms with Gasteiger partial charge >= 0.3 is 0 Å². The van der Waals surface area contributed by atoms with Gasteiger partial charge in [-0.15, -0.1) is 0 Å². The van der Waals surface area contributed by atoms with Crippen molar-refractivity contribution < 1.29 is 18.9 Å². The van der Waals surface area contributed by atoms with Crippen LogP contribution in [0.2, 0.25) is 5.02 Å². The molecule has 0 bridgehead atoms. The standard InChI is InChI=1S/C24H29ClN4O4/c1-29-7-5-15(6-8-29)13-33-23-11-18-16(9-22(23)32-4)24(27-14-26-18)28-19-12-20(30-2)17(25)10-21(19)31-3/h9-12,14-15H,5-8,13H2,1-4H3,(H,26,27,28). The Bertz CT molecular complexity index is 1120. The number of aromatic nitrogens is 2. The van der Waals surface area contributed by atoms with E-state index in [4.69, 9.17) is 30.5 Å². The molecule has 176 valence electrons. The first kappa shape index (κ1) is 23.2. The van der Waals surface area contributed by atoms with E-state index in [1.807, 2.05) is 12.1 Å². The number of fused-ring (bicyclic) bond motifs is 1. The molecule has 8 nitrogen and oxygen atoms in total. The number of ether oxygens (including phenoxy) is 4. The van der Waals surface area contributed by atoms with Crippen molar-refractivity contribution in [2.24, 2.45) is 5.92 Å². The average Bonchev–Trinajstić information content (AvgIpc) is 2.84. The number of nitrogens with one attached hydrogen (secondary N) is 1. The molecule has 4 rings (SSSR count). The zero-order valence-electron chi connectivity index (χ0n) is 19.4. The van der Waals surface area contributed by atoms with E-state index in [9.17, 15) is 0 Å². The number of benzene rings is 2. The van der Waals surface area contributed by atoms with Crippen molar-refractivity contribution >= 4 is 34.0 Å². The van der Waals surface area contributed by atoms with Crippen LogP contribution in [0.5, 0.6) is 23.0 Å². The molecule has 1 saturated heterocycles. The number of methoxy groups -OCH3 is 3. The number of nitrogens with zero attached hydrogens (tertiary/aromatic N) is 3. The molecular weight excluding hydrogens is 444 g/mol. The molecule has 2 aromatic carbocycles. The highest BCUT2D eigenvalue weighted by Crippen LogP contribution is 2.39. The van der Waals surface area contributed by atoms with Crippen LogP contribution in [0.3, 0.4) is 0 Å². The maximum absolute atomic E-state index is 6.24. The van der Waals surface area contributed by atoms with Gasteiger partial charge in [0.25, 0.3) is 0 Å². The fourth-order valence-corrected chi connectivity index (χ4v) is 4.19. The molecule has 0 amide bonds. The maximum Gasteiger partial charge on any atom is 0.163 e. The van der Waals surface area contributed by atoms with Crippen molar-refractivity contribution in [1.82, 2.24) is 14.9 Å². The van der Waals surface area contributed by atoms with Crippen LogP contribution in [0.1, 0.15) is 12.8 Å². The molecule has 0 spiro atoms. The SMILES string of the molecule is COc1cc(Nc2ncnc3cc(OCC4CCN(C)CC4)c(OC)cc23)c(OC)cc1Cl. The van der Waals surface area contributed by atoms with E-state index in [-0.39, 0.29) is 0 Å². The minimum absolute atomic E-state index is 0.459. The van der Waals surface area contributed by atoms with Gasteiger partial charge < -0.3 is 29.2 Å². The Morgan fingerprint density at radius 3 is 2.36 bits per heavy atom. The summed E-state index contributed by atoms with van der Waals surface area (Å²) in [5.41, 5.74) is 1.41. The van der Waals surface area contributed by atoms with Crippen LogP contribution in [0.15, 0.2) is 30.6 Å². The quantitative estimate of drug-likeness (QED) is 0.502. The van der Waals surface area contributed by atoms with Gasteiger partial charge in [-0.25, -0.2) is 9.97 Å². The lowest BCUT2D eigenvalue weighted by atomic mass is 9.98. The fourth-order valence-electron chi connectivity index (χ4n) is 3.96. The highest BCUT2D eigenvalue weighted by atomic mass is 35.5. The Labute approximate surface area is 198 Å². The van der Waals surface area contributed by atoms with E-state index in [0.717, 1.165) is 36.8 Å². The summed E-state index contributed by atoms with van der Waals surface area (Å²) in [5.74, 6) is 3.55. The lowest BCUT2D eigenvalue weighted by Gasteiger charge is -2.28. The second kappa shape index (κ2) is 10.3. The number of hydrogen-bond donors (Lipinski definition) is 1. The Balaban J connectivity index is 1.62. The number of likely N-dealkylation sites (tertiary alicyclic amines) is 1. The van der Waals surface area contributed by atoms with E-state index in [1.165, 1.54) is 6.33 Å². The molecule has 0 radical (unpaired) electrons. The van der Waals surface area contributed by atoms with E-state index >= 15 is 0 Å². The Morgan fingerprint density at radius 2 is 1.67 bits per heavy atom. The Morgan fingerprint density at radius 1 is 0.939 bits per heavy atom. The summed E-state index contributed by atoms with van der Waals surface area (Å²) < 4.78 is 22.6. The number of rotatable bonds is 8. The molecule has 0 aliphatic carbocycles. The summed E-state index contributed by atoms with van der Waals surface area (Å²) in [6, 6.07) is 7.25. The van der Waals surface area contributed by atoms with Crippen LogP contribution in [0.4, 0.5) is 11.5 Å². The average molecular weight is 473 g/mol. The summed E-state index contributed by atoms with van der Waals surface area (Å²) in [5, 5.41) is 4.56. The molecule has 9 heteroatoms. The molecule has 1 aliphatic rings. The molecule has 1 aliphatic heterocycles. The van der Waals surface area contributed by atoms with Crippen LogP contribution in [-0.2, 0) is 0 Å². The van der Waals surface area contributed by atoms with Gasteiger partial charge in [-0.2, -0.15) is 0 Å². The predicted octanol–water partition coefficient (Wildman–Crippen LogP) is 4.77. The second-order valence-corrected chi connectivity index (χ2v) is 8.52. The summed E-state index contributed by atoms with van der Waals surface area (Å²) in [4.78, 5) is 11.2. The van der Waals surface area contributed by atoms with Crippen LogP contribution in [-0.4, -0.2) is 62.9 Å². The zero-order valence-corrected chi connectivity index (χ0v) is 20.1. The van der Waals surface area contributed by atoms with Crippen molar-refractivity contribution in [3.05, 3.63) is 35.6 Å². The second-order valence-electron chi connectivity index (χ2n) is 8.11. The Kier molecular flexibility index (Phi) is 7.25. The van der Waals surface area contributed by atoms with E-state index in [0.29, 0.717) is 52.1 Å². The fraction of sp³-hybridized carbons (Fsp3) is 0.417. The van der Waals surface area contributed by atoms with Crippen molar-refractivity contribution in [3.63, 3.8) is 0 Å². The highest BCUT2D eigenvalue weighted by molar-refractivity contribution is 6.32. The molecule has 1 N–H and O–H groups in total. The minimum atomic E-state index is 0.459. The van der Waals surface area contributed by atoms with Gasteiger partial charge in [-0.1, -0.05) is 11.6 Å². The molecule has 0 unspecified atom stereocenters. The van der Waals surface area contributed by atoms with Crippen LogP contribution in [0, 0.1) is 5.92 Å². The molecule has 0 atom stereocenters. The van der Waals surface area contributed by atoms with E-state index < -0.39 is 0 Å².